The quantitative estimate of drug-likeness (QED) is 0.790. The summed E-state index contributed by atoms with van der Waals surface area (Å²) in [7, 11) is 2.03. The zero-order valence-corrected chi connectivity index (χ0v) is 12.1. The Balaban J connectivity index is 3.07. The Kier molecular flexibility index (Phi) is 5.20. The van der Waals surface area contributed by atoms with Crippen molar-refractivity contribution in [2.45, 2.75) is 52.4 Å². The summed E-state index contributed by atoms with van der Waals surface area (Å²) in [6.45, 7) is 10.3. The average Bonchev–Trinajstić information content (AvgIpc) is 2.35. The van der Waals surface area contributed by atoms with Crippen LogP contribution in [-0.4, -0.2) is 13.6 Å². The van der Waals surface area contributed by atoms with Gasteiger partial charge in [0.25, 0.3) is 0 Å². The van der Waals surface area contributed by atoms with E-state index >= 15 is 0 Å². The molecular weight excluding hydrogens is 206 g/mol. The highest BCUT2D eigenvalue weighted by Gasteiger charge is 2.22. The molecule has 0 aliphatic heterocycles. The molecule has 0 aliphatic carbocycles. The molecule has 0 amide bonds. The third-order valence-electron chi connectivity index (χ3n) is 3.69. The minimum atomic E-state index is 0.263. The second-order valence-corrected chi connectivity index (χ2v) is 5.44. The molecule has 0 aromatic heterocycles. The summed E-state index contributed by atoms with van der Waals surface area (Å²) >= 11 is 0. The number of hydrogen-bond donors (Lipinski definition) is 1. The fourth-order valence-electron chi connectivity index (χ4n) is 2.35. The lowest BCUT2D eigenvalue weighted by Crippen LogP contribution is -2.25. The molecular formula is C16H27N. The minimum absolute atomic E-state index is 0.263. The Hall–Kier alpha value is -0.820. The highest BCUT2D eigenvalue weighted by molar-refractivity contribution is 5.37. The molecule has 1 nitrogen and oxygen atoms in total. The first-order chi connectivity index (χ1) is 8.05. The molecule has 0 heterocycles. The Bertz CT molecular complexity index is 353. The van der Waals surface area contributed by atoms with E-state index in [1.165, 1.54) is 23.1 Å². The summed E-state index contributed by atoms with van der Waals surface area (Å²) in [5.74, 6) is 0. The van der Waals surface area contributed by atoms with Crippen molar-refractivity contribution in [3.63, 3.8) is 0 Å². The molecule has 1 rings (SSSR count). The SMILES string of the molecule is CCc1ccc(CC)c(C(C)(C)CCNC)c1. The molecule has 0 fully saturated rings. The van der Waals surface area contributed by atoms with Crippen molar-refractivity contribution in [1.82, 2.24) is 5.32 Å². The van der Waals surface area contributed by atoms with Crippen LogP contribution in [0.5, 0.6) is 0 Å². The minimum Gasteiger partial charge on any atom is -0.320 e. The largest absolute Gasteiger partial charge is 0.320 e. The molecule has 1 aromatic rings. The molecule has 0 aliphatic rings. The van der Waals surface area contributed by atoms with Crippen LogP contribution >= 0.6 is 0 Å². The lowest BCUT2D eigenvalue weighted by Gasteiger charge is -2.28. The van der Waals surface area contributed by atoms with Crippen molar-refractivity contribution >= 4 is 0 Å². The van der Waals surface area contributed by atoms with E-state index in [1.54, 1.807) is 0 Å². The zero-order valence-electron chi connectivity index (χ0n) is 12.1. The van der Waals surface area contributed by atoms with Gasteiger partial charge in [-0.2, -0.15) is 0 Å². The third kappa shape index (κ3) is 3.57. The van der Waals surface area contributed by atoms with Crippen molar-refractivity contribution in [2.24, 2.45) is 0 Å². The predicted octanol–water partition coefficient (Wildman–Crippen LogP) is 3.70. The van der Waals surface area contributed by atoms with Gasteiger partial charge in [-0.3, -0.25) is 0 Å². The summed E-state index contributed by atoms with van der Waals surface area (Å²) in [4.78, 5) is 0. The van der Waals surface area contributed by atoms with Gasteiger partial charge < -0.3 is 5.32 Å². The molecule has 17 heavy (non-hydrogen) atoms. The molecule has 0 saturated carbocycles. The van der Waals surface area contributed by atoms with Crippen LogP contribution in [0.25, 0.3) is 0 Å². The summed E-state index contributed by atoms with van der Waals surface area (Å²) < 4.78 is 0. The fourth-order valence-corrected chi connectivity index (χ4v) is 2.35. The first-order valence-corrected chi connectivity index (χ1v) is 6.82. The van der Waals surface area contributed by atoms with E-state index in [0.717, 1.165) is 19.4 Å². The summed E-state index contributed by atoms with van der Waals surface area (Å²) in [6, 6.07) is 7.00. The number of benzene rings is 1. The van der Waals surface area contributed by atoms with Crippen LogP contribution in [-0.2, 0) is 18.3 Å². The van der Waals surface area contributed by atoms with Crippen LogP contribution in [0, 0.1) is 0 Å². The second-order valence-electron chi connectivity index (χ2n) is 5.44. The van der Waals surface area contributed by atoms with Crippen molar-refractivity contribution in [2.75, 3.05) is 13.6 Å². The van der Waals surface area contributed by atoms with Crippen LogP contribution in [0.3, 0.4) is 0 Å². The Morgan fingerprint density at radius 2 is 1.82 bits per heavy atom. The Labute approximate surface area is 107 Å². The van der Waals surface area contributed by atoms with Gasteiger partial charge in [0.05, 0.1) is 0 Å². The van der Waals surface area contributed by atoms with Crippen molar-refractivity contribution < 1.29 is 0 Å². The smallest absolute Gasteiger partial charge is 0.00436 e. The Morgan fingerprint density at radius 1 is 1.12 bits per heavy atom. The van der Waals surface area contributed by atoms with Gasteiger partial charge in [-0.05, 0) is 55.0 Å². The topological polar surface area (TPSA) is 12.0 Å². The summed E-state index contributed by atoms with van der Waals surface area (Å²) in [5, 5.41) is 3.26. The van der Waals surface area contributed by atoms with Gasteiger partial charge in [-0.15, -0.1) is 0 Å². The van der Waals surface area contributed by atoms with Crippen LogP contribution in [0.15, 0.2) is 18.2 Å². The maximum absolute atomic E-state index is 3.26. The number of aryl methyl sites for hydroxylation is 2. The van der Waals surface area contributed by atoms with Crippen LogP contribution in [0.2, 0.25) is 0 Å². The van der Waals surface area contributed by atoms with E-state index in [0.29, 0.717) is 0 Å². The van der Waals surface area contributed by atoms with Gasteiger partial charge >= 0.3 is 0 Å². The second kappa shape index (κ2) is 6.20. The highest BCUT2D eigenvalue weighted by Crippen LogP contribution is 2.31. The lowest BCUT2D eigenvalue weighted by molar-refractivity contribution is 0.465. The molecule has 96 valence electrons. The van der Waals surface area contributed by atoms with Gasteiger partial charge in [0, 0.05) is 0 Å². The Morgan fingerprint density at radius 3 is 2.35 bits per heavy atom. The monoisotopic (exact) mass is 233 g/mol. The van der Waals surface area contributed by atoms with Gasteiger partial charge in [-0.25, -0.2) is 0 Å². The van der Waals surface area contributed by atoms with Gasteiger partial charge in [0.1, 0.15) is 0 Å². The molecule has 0 saturated heterocycles. The summed E-state index contributed by atoms with van der Waals surface area (Å²) in [6.07, 6.45) is 3.44. The van der Waals surface area contributed by atoms with Crippen LogP contribution < -0.4 is 5.32 Å². The van der Waals surface area contributed by atoms with E-state index < -0.39 is 0 Å². The average molecular weight is 233 g/mol. The standard InChI is InChI=1S/C16H27N/c1-6-13-8-9-14(7-2)15(12-13)16(3,4)10-11-17-5/h8-9,12,17H,6-7,10-11H2,1-5H3. The highest BCUT2D eigenvalue weighted by atomic mass is 14.8. The zero-order chi connectivity index (χ0) is 12.9. The first kappa shape index (κ1) is 14.2. The third-order valence-corrected chi connectivity index (χ3v) is 3.69. The fraction of sp³-hybridized carbons (Fsp3) is 0.625. The van der Waals surface area contributed by atoms with Crippen LogP contribution in [0.1, 0.15) is 50.8 Å². The molecule has 0 spiro atoms. The molecule has 1 aromatic carbocycles. The van der Waals surface area contributed by atoms with Crippen molar-refractivity contribution in [1.29, 1.82) is 0 Å². The predicted molar refractivity (Wildman–Crippen MR) is 76.8 cm³/mol. The molecule has 1 heteroatoms. The molecule has 0 bridgehead atoms. The number of hydrogen-bond acceptors (Lipinski definition) is 1. The van der Waals surface area contributed by atoms with E-state index in [2.05, 4.69) is 51.2 Å². The van der Waals surface area contributed by atoms with Gasteiger partial charge in [0.2, 0.25) is 0 Å². The number of nitrogens with one attached hydrogen (secondary N) is 1. The molecule has 0 unspecified atom stereocenters. The lowest BCUT2D eigenvalue weighted by atomic mass is 9.77. The van der Waals surface area contributed by atoms with Crippen molar-refractivity contribution in [3.8, 4) is 0 Å². The maximum Gasteiger partial charge on any atom is -0.00436 e. The maximum atomic E-state index is 3.26. The van der Waals surface area contributed by atoms with Crippen LogP contribution in [0.4, 0.5) is 0 Å². The van der Waals surface area contributed by atoms with Gasteiger partial charge in [-0.1, -0.05) is 45.9 Å². The van der Waals surface area contributed by atoms with E-state index in [1.807, 2.05) is 7.05 Å². The number of rotatable bonds is 6. The van der Waals surface area contributed by atoms with Crippen molar-refractivity contribution in [3.05, 3.63) is 34.9 Å². The molecule has 1 N–H and O–H groups in total. The molecule has 0 radical (unpaired) electrons. The van der Waals surface area contributed by atoms with E-state index in [9.17, 15) is 0 Å². The normalized spacial score (nSPS) is 11.8. The van der Waals surface area contributed by atoms with E-state index in [-0.39, 0.29) is 5.41 Å². The summed E-state index contributed by atoms with van der Waals surface area (Å²) in [5.41, 5.74) is 4.76. The first-order valence-electron chi connectivity index (χ1n) is 6.82. The van der Waals surface area contributed by atoms with E-state index in [4.69, 9.17) is 0 Å². The van der Waals surface area contributed by atoms with Gasteiger partial charge in [0.15, 0.2) is 0 Å². The molecule has 0 atom stereocenters.